The van der Waals surface area contributed by atoms with Crippen LogP contribution in [-0.2, 0) is 20.0 Å². The summed E-state index contributed by atoms with van der Waals surface area (Å²) in [7, 11) is 1.70. The molecule has 0 spiro atoms. The summed E-state index contributed by atoms with van der Waals surface area (Å²) in [5.74, 6) is 0. The average Bonchev–Trinajstić information content (AvgIpc) is 2.48. The van der Waals surface area contributed by atoms with Crippen LogP contribution in [0.25, 0.3) is 0 Å². The largest absolute Gasteiger partial charge is 0.292 e. The Bertz CT molecular complexity index is 665. The molecular formula is C15H18N4O. The highest BCUT2D eigenvalue weighted by Crippen LogP contribution is 2.25. The molecule has 0 radical (unpaired) electrons. The average molecular weight is 270 g/mol. The van der Waals surface area contributed by atoms with Gasteiger partial charge in [0.1, 0.15) is 0 Å². The normalized spacial score (nSPS) is 16.7. The second kappa shape index (κ2) is 5.17. The van der Waals surface area contributed by atoms with Crippen molar-refractivity contribution in [2.24, 2.45) is 7.05 Å². The molecule has 1 aliphatic heterocycles. The summed E-state index contributed by atoms with van der Waals surface area (Å²) in [4.78, 5) is 18.2. The third-order valence-electron chi connectivity index (χ3n) is 3.98. The standard InChI is InChI=1S/C15H18N4O/c1-11(12-4-3-6-16-9-12)19-7-5-14-13(10-19)8-15(20)18(2)17-14/h3-4,6,8-9,11H,5,7,10H2,1-2H3/t11-/m1/s1. The van der Waals surface area contributed by atoms with E-state index in [1.807, 2.05) is 12.3 Å². The van der Waals surface area contributed by atoms with Gasteiger partial charge in [-0.3, -0.25) is 14.7 Å². The van der Waals surface area contributed by atoms with Crippen LogP contribution in [0.1, 0.15) is 29.8 Å². The number of aromatic nitrogens is 3. The van der Waals surface area contributed by atoms with Crippen molar-refractivity contribution in [1.29, 1.82) is 0 Å². The van der Waals surface area contributed by atoms with Gasteiger partial charge >= 0.3 is 0 Å². The van der Waals surface area contributed by atoms with Crippen LogP contribution in [0.2, 0.25) is 0 Å². The predicted octanol–water partition coefficient (Wildman–Crippen LogP) is 1.29. The Morgan fingerprint density at radius 1 is 1.40 bits per heavy atom. The molecule has 0 unspecified atom stereocenters. The second-order valence-electron chi connectivity index (χ2n) is 5.26. The number of rotatable bonds is 2. The molecule has 20 heavy (non-hydrogen) atoms. The quantitative estimate of drug-likeness (QED) is 0.825. The first-order valence-electron chi connectivity index (χ1n) is 6.85. The molecule has 5 nitrogen and oxygen atoms in total. The number of hydrogen-bond acceptors (Lipinski definition) is 4. The van der Waals surface area contributed by atoms with E-state index in [1.54, 1.807) is 19.3 Å². The highest BCUT2D eigenvalue weighted by molar-refractivity contribution is 5.22. The third kappa shape index (κ3) is 2.36. The van der Waals surface area contributed by atoms with E-state index in [2.05, 4.69) is 28.0 Å². The molecule has 1 aliphatic rings. The highest BCUT2D eigenvalue weighted by atomic mass is 16.1. The molecule has 5 heteroatoms. The third-order valence-corrected chi connectivity index (χ3v) is 3.98. The van der Waals surface area contributed by atoms with Crippen LogP contribution >= 0.6 is 0 Å². The molecular weight excluding hydrogens is 252 g/mol. The summed E-state index contributed by atoms with van der Waals surface area (Å²) in [6.07, 6.45) is 4.58. The van der Waals surface area contributed by atoms with E-state index in [4.69, 9.17) is 0 Å². The first kappa shape index (κ1) is 13.0. The lowest BCUT2D eigenvalue weighted by atomic mass is 10.0. The van der Waals surface area contributed by atoms with E-state index in [0.717, 1.165) is 30.8 Å². The highest BCUT2D eigenvalue weighted by Gasteiger charge is 2.23. The molecule has 0 amide bonds. The zero-order valence-electron chi connectivity index (χ0n) is 11.8. The SMILES string of the molecule is C[C@H](c1cccnc1)N1CCc2nn(C)c(=O)cc2C1. The Balaban J connectivity index is 1.85. The van der Waals surface area contributed by atoms with Crippen molar-refractivity contribution in [3.8, 4) is 0 Å². The van der Waals surface area contributed by atoms with Crippen LogP contribution in [0.4, 0.5) is 0 Å². The lowest BCUT2D eigenvalue weighted by Gasteiger charge is -2.33. The van der Waals surface area contributed by atoms with Gasteiger partial charge < -0.3 is 0 Å². The molecule has 0 aliphatic carbocycles. The summed E-state index contributed by atoms with van der Waals surface area (Å²) in [6.45, 7) is 3.90. The van der Waals surface area contributed by atoms with Gasteiger partial charge in [0.05, 0.1) is 5.69 Å². The Morgan fingerprint density at radius 2 is 2.25 bits per heavy atom. The maximum Gasteiger partial charge on any atom is 0.266 e. The van der Waals surface area contributed by atoms with Gasteiger partial charge in [0.15, 0.2) is 0 Å². The van der Waals surface area contributed by atoms with Crippen molar-refractivity contribution in [2.75, 3.05) is 6.54 Å². The Labute approximate surface area is 117 Å². The van der Waals surface area contributed by atoms with Crippen LogP contribution in [-0.4, -0.2) is 26.2 Å². The van der Waals surface area contributed by atoms with Crippen LogP contribution in [0.5, 0.6) is 0 Å². The Hall–Kier alpha value is -2.01. The van der Waals surface area contributed by atoms with Gasteiger partial charge in [-0.2, -0.15) is 5.10 Å². The van der Waals surface area contributed by atoms with E-state index in [-0.39, 0.29) is 5.56 Å². The fourth-order valence-corrected chi connectivity index (χ4v) is 2.68. The summed E-state index contributed by atoms with van der Waals surface area (Å²) in [5.41, 5.74) is 3.25. The Morgan fingerprint density at radius 3 is 3.00 bits per heavy atom. The van der Waals surface area contributed by atoms with Gasteiger partial charge in [0.2, 0.25) is 0 Å². The lowest BCUT2D eigenvalue weighted by Crippen LogP contribution is -2.35. The molecule has 2 aromatic rings. The van der Waals surface area contributed by atoms with E-state index >= 15 is 0 Å². The molecule has 0 fully saturated rings. The van der Waals surface area contributed by atoms with Crippen LogP contribution in [0.15, 0.2) is 35.4 Å². The lowest BCUT2D eigenvalue weighted by molar-refractivity contribution is 0.189. The molecule has 0 saturated carbocycles. The summed E-state index contributed by atoms with van der Waals surface area (Å²) < 4.78 is 1.42. The molecule has 0 saturated heterocycles. The summed E-state index contributed by atoms with van der Waals surface area (Å²) >= 11 is 0. The van der Waals surface area contributed by atoms with Crippen molar-refractivity contribution in [3.63, 3.8) is 0 Å². The van der Waals surface area contributed by atoms with Crippen LogP contribution < -0.4 is 5.56 Å². The van der Waals surface area contributed by atoms with Crippen LogP contribution in [0, 0.1) is 0 Å². The monoisotopic (exact) mass is 270 g/mol. The van der Waals surface area contributed by atoms with Gasteiger partial charge in [-0.05, 0) is 24.1 Å². The Kier molecular flexibility index (Phi) is 3.36. The van der Waals surface area contributed by atoms with Gasteiger partial charge in [-0.1, -0.05) is 6.07 Å². The predicted molar refractivity (Wildman–Crippen MR) is 76.2 cm³/mol. The molecule has 104 valence electrons. The fourth-order valence-electron chi connectivity index (χ4n) is 2.68. The van der Waals surface area contributed by atoms with Crippen molar-refractivity contribution < 1.29 is 0 Å². The maximum absolute atomic E-state index is 11.7. The van der Waals surface area contributed by atoms with E-state index in [1.165, 1.54) is 10.2 Å². The van der Waals surface area contributed by atoms with Crippen molar-refractivity contribution in [2.45, 2.75) is 25.9 Å². The topological polar surface area (TPSA) is 51.0 Å². The number of pyridine rings is 1. The molecule has 0 bridgehead atoms. The zero-order chi connectivity index (χ0) is 14.1. The molecule has 3 heterocycles. The van der Waals surface area contributed by atoms with Crippen molar-refractivity contribution in [3.05, 3.63) is 57.8 Å². The molecule has 2 aromatic heterocycles. The molecule has 1 atom stereocenters. The molecule has 0 N–H and O–H groups in total. The number of fused-ring (bicyclic) bond motifs is 1. The summed E-state index contributed by atoms with van der Waals surface area (Å²) in [6, 6.07) is 6.06. The fraction of sp³-hybridized carbons (Fsp3) is 0.400. The molecule has 0 aromatic carbocycles. The smallest absolute Gasteiger partial charge is 0.266 e. The minimum Gasteiger partial charge on any atom is -0.292 e. The van der Waals surface area contributed by atoms with Gasteiger partial charge in [-0.15, -0.1) is 0 Å². The number of hydrogen-bond donors (Lipinski definition) is 0. The van der Waals surface area contributed by atoms with Crippen LogP contribution in [0.3, 0.4) is 0 Å². The molecule has 3 rings (SSSR count). The van der Waals surface area contributed by atoms with Crippen molar-refractivity contribution >= 4 is 0 Å². The second-order valence-corrected chi connectivity index (χ2v) is 5.26. The van der Waals surface area contributed by atoms with E-state index in [9.17, 15) is 4.79 Å². The minimum atomic E-state index is -0.0420. The van der Waals surface area contributed by atoms with Gasteiger partial charge in [-0.25, -0.2) is 4.68 Å². The number of aryl methyl sites for hydroxylation is 1. The number of nitrogens with zero attached hydrogens (tertiary/aromatic N) is 4. The van der Waals surface area contributed by atoms with Gasteiger partial charge in [0, 0.05) is 51.1 Å². The van der Waals surface area contributed by atoms with E-state index in [0.29, 0.717) is 6.04 Å². The van der Waals surface area contributed by atoms with Gasteiger partial charge in [0.25, 0.3) is 5.56 Å². The first-order valence-corrected chi connectivity index (χ1v) is 6.85. The van der Waals surface area contributed by atoms with E-state index < -0.39 is 0 Å². The minimum absolute atomic E-state index is 0.0420. The van der Waals surface area contributed by atoms with Crippen molar-refractivity contribution in [1.82, 2.24) is 19.7 Å². The zero-order valence-corrected chi connectivity index (χ0v) is 11.8. The summed E-state index contributed by atoms with van der Waals surface area (Å²) in [5, 5.41) is 4.34. The first-order chi connectivity index (χ1) is 9.65. The maximum atomic E-state index is 11.7.